The second kappa shape index (κ2) is 14.0. The Morgan fingerprint density at radius 1 is 0.473 bits per heavy atom. The lowest BCUT2D eigenvalue weighted by Gasteiger charge is -2.43. The average Bonchev–Trinajstić information content (AvgIpc) is 3.24. The number of nitrogens with zero attached hydrogens (tertiary/aromatic N) is 8. The van der Waals surface area contributed by atoms with Gasteiger partial charge in [-0.05, 0) is 115 Å². The van der Waals surface area contributed by atoms with Gasteiger partial charge >= 0.3 is 0 Å². The third-order valence-electron chi connectivity index (χ3n) is 10.3. The highest BCUT2D eigenvalue weighted by Crippen LogP contribution is 2.55. The molecule has 0 spiro atoms. The van der Waals surface area contributed by atoms with E-state index in [0.717, 1.165) is 68.3 Å². The van der Waals surface area contributed by atoms with E-state index < -0.39 is 5.41 Å². The van der Waals surface area contributed by atoms with Crippen molar-refractivity contribution in [2.24, 2.45) is 0 Å². The van der Waals surface area contributed by atoms with Gasteiger partial charge in [-0.15, -0.1) is 0 Å². The van der Waals surface area contributed by atoms with Crippen LogP contribution in [-0.2, 0) is 5.41 Å². The van der Waals surface area contributed by atoms with Crippen molar-refractivity contribution in [3.05, 3.63) is 194 Å². The van der Waals surface area contributed by atoms with Gasteiger partial charge in [0.15, 0.2) is 0 Å². The van der Waals surface area contributed by atoms with E-state index in [-0.39, 0.29) is 0 Å². The summed E-state index contributed by atoms with van der Waals surface area (Å²) < 4.78 is 0. The summed E-state index contributed by atoms with van der Waals surface area (Å²) in [5.74, 6) is 1.63. The molecule has 8 nitrogen and oxygen atoms in total. The van der Waals surface area contributed by atoms with Crippen LogP contribution in [0.15, 0.2) is 177 Å². The fourth-order valence-corrected chi connectivity index (χ4v) is 7.58. The molecule has 0 N–H and O–H groups in total. The summed E-state index contributed by atoms with van der Waals surface area (Å²) >= 11 is 0. The second-order valence-electron chi connectivity index (χ2n) is 14.0. The van der Waals surface area contributed by atoms with Gasteiger partial charge in [0.2, 0.25) is 0 Å². The molecule has 6 heterocycles. The van der Waals surface area contributed by atoms with E-state index in [1.807, 2.05) is 97.8 Å². The molecular formula is C47H38N8. The minimum Gasteiger partial charge on any atom is -0.308 e. The van der Waals surface area contributed by atoms with E-state index in [1.165, 1.54) is 11.1 Å². The molecule has 8 aromatic rings. The molecule has 0 amide bonds. The third-order valence-corrected chi connectivity index (χ3v) is 10.3. The molecule has 1 aliphatic heterocycles. The molecule has 0 radical (unpaired) electrons. The van der Waals surface area contributed by atoms with Crippen molar-refractivity contribution < 1.29 is 0 Å². The Hall–Kier alpha value is -7.19. The van der Waals surface area contributed by atoms with Gasteiger partial charge in [0, 0.05) is 53.3 Å². The van der Waals surface area contributed by atoms with Crippen LogP contribution in [0.3, 0.4) is 0 Å². The average molecular weight is 715 g/mol. The number of anilines is 9. The Morgan fingerprint density at radius 3 is 1.65 bits per heavy atom. The van der Waals surface area contributed by atoms with Gasteiger partial charge in [0.25, 0.3) is 0 Å². The van der Waals surface area contributed by atoms with E-state index in [9.17, 15) is 0 Å². The first kappa shape index (κ1) is 33.6. The number of aromatic nitrogens is 5. The van der Waals surface area contributed by atoms with Gasteiger partial charge < -0.3 is 4.90 Å². The van der Waals surface area contributed by atoms with Gasteiger partial charge in [-0.3, -0.25) is 24.8 Å². The monoisotopic (exact) mass is 714 g/mol. The highest BCUT2D eigenvalue weighted by molar-refractivity contribution is 5.91. The zero-order valence-corrected chi connectivity index (χ0v) is 30.8. The second-order valence-corrected chi connectivity index (χ2v) is 14.0. The first-order chi connectivity index (χ1) is 27.0. The summed E-state index contributed by atoms with van der Waals surface area (Å²) in [5.41, 5.74) is 12.1. The van der Waals surface area contributed by atoms with Gasteiger partial charge in [-0.1, -0.05) is 56.3 Å². The van der Waals surface area contributed by atoms with Crippen molar-refractivity contribution in [3.63, 3.8) is 0 Å². The third kappa shape index (κ3) is 6.13. The number of hydrogen-bond acceptors (Lipinski definition) is 8. The topological polar surface area (TPSA) is 74.2 Å². The quantitative estimate of drug-likeness (QED) is 0.154. The van der Waals surface area contributed by atoms with Crippen molar-refractivity contribution in [2.45, 2.75) is 26.2 Å². The number of pyridine rings is 5. The van der Waals surface area contributed by atoms with Crippen LogP contribution in [0.4, 0.5) is 51.4 Å². The van der Waals surface area contributed by atoms with Gasteiger partial charge in [0.05, 0.1) is 46.5 Å². The lowest BCUT2D eigenvalue weighted by molar-refractivity contribution is 0.632. The lowest BCUT2D eigenvalue weighted by atomic mass is 9.73. The van der Waals surface area contributed by atoms with Crippen LogP contribution >= 0.6 is 0 Å². The Labute approximate surface area is 321 Å². The summed E-state index contributed by atoms with van der Waals surface area (Å²) in [6, 6.07) is 46.0. The van der Waals surface area contributed by atoms with E-state index >= 15 is 0 Å². The fraction of sp³-hybridized carbons (Fsp3) is 0.0851. The predicted molar refractivity (Wildman–Crippen MR) is 222 cm³/mol. The summed E-state index contributed by atoms with van der Waals surface area (Å²) in [6.45, 7) is 6.79. The van der Waals surface area contributed by atoms with E-state index in [0.29, 0.717) is 0 Å². The van der Waals surface area contributed by atoms with Crippen LogP contribution in [0.1, 0.15) is 30.5 Å². The molecule has 0 aliphatic carbocycles. The van der Waals surface area contributed by atoms with Crippen molar-refractivity contribution >= 4 is 51.4 Å². The number of hydrogen-bond donors (Lipinski definition) is 0. The molecule has 266 valence electrons. The minimum atomic E-state index is -0.433. The first-order valence-corrected chi connectivity index (χ1v) is 18.3. The van der Waals surface area contributed by atoms with E-state index in [1.54, 1.807) is 6.20 Å². The standard InChI is InChI=1S/C47H38N8/c1-33-28-41(34-12-5-4-6-13-34)52-32-44(33)55-42-19-17-36(53(35-21-26-48-27-22-35)45-15-7-9-24-50-45)29-39(42)47(2,3)40-30-37(18-20-43(40)55)54(38-14-11-23-49-31-38)46-16-8-10-25-51-46/h4-32H,1-3H3. The Balaban J connectivity index is 1.26. The first-order valence-electron chi connectivity index (χ1n) is 18.3. The van der Waals surface area contributed by atoms with Crippen molar-refractivity contribution in [1.29, 1.82) is 0 Å². The summed E-state index contributed by atoms with van der Waals surface area (Å²) in [5, 5.41) is 0. The molecule has 0 fully saturated rings. The maximum Gasteiger partial charge on any atom is 0.137 e. The highest BCUT2D eigenvalue weighted by atomic mass is 15.2. The maximum atomic E-state index is 5.03. The molecule has 55 heavy (non-hydrogen) atoms. The summed E-state index contributed by atoms with van der Waals surface area (Å²) in [6.07, 6.45) is 13.0. The number of rotatable bonds is 8. The van der Waals surface area contributed by atoms with Crippen LogP contribution in [0.5, 0.6) is 0 Å². The molecule has 0 bridgehead atoms. The normalized spacial score (nSPS) is 12.7. The van der Waals surface area contributed by atoms with Crippen LogP contribution in [0.2, 0.25) is 0 Å². The highest BCUT2D eigenvalue weighted by Gasteiger charge is 2.39. The Bertz CT molecular complexity index is 2370. The predicted octanol–water partition coefficient (Wildman–Crippen LogP) is 11.7. The molecule has 9 rings (SSSR count). The number of aryl methyl sites for hydroxylation is 1. The molecule has 1 aliphatic rings. The van der Waals surface area contributed by atoms with E-state index in [4.69, 9.17) is 15.0 Å². The molecule has 0 atom stereocenters. The molecule has 8 heteroatoms. The molecular weight excluding hydrogens is 677 g/mol. The number of benzene rings is 3. The van der Waals surface area contributed by atoms with Crippen LogP contribution in [-0.4, -0.2) is 24.9 Å². The van der Waals surface area contributed by atoms with Crippen LogP contribution in [0.25, 0.3) is 11.3 Å². The van der Waals surface area contributed by atoms with Crippen LogP contribution < -0.4 is 14.7 Å². The smallest absolute Gasteiger partial charge is 0.137 e. The Morgan fingerprint density at radius 2 is 1.09 bits per heavy atom. The molecule has 5 aromatic heterocycles. The fourth-order valence-electron chi connectivity index (χ4n) is 7.58. The lowest BCUT2D eigenvalue weighted by Crippen LogP contribution is -2.31. The molecule has 0 unspecified atom stereocenters. The summed E-state index contributed by atoms with van der Waals surface area (Å²) in [7, 11) is 0. The van der Waals surface area contributed by atoms with Crippen molar-refractivity contribution in [3.8, 4) is 11.3 Å². The van der Waals surface area contributed by atoms with Gasteiger partial charge in [0.1, 0.15) is 11.6 Å². The Kier molecular flexibility index (Phi) is 8.55. The minimum absolute atomic E-state index is 0.433. The SMILES string of the molecule is Cc1cc(-c2ccccc2)ncc1N1c2ccc(N(c3ccncc3)c3ccccn3)cc2C(C)(C)c2cc(N(c3cccnc3)c3ccccn3)ccc21. The van der Waals surface area contributed by atoms with Gasteiger partial charge in [-0.2, -0.15) is 0 Å². The molecule has 0 saturated carbocycles. The van der Waals surface area contributed by atoms with E-state index in [2.05, 4.69) is 118 Å². The zero-order valence-electron chi connectivity index (χ0n) is 30.8. The van der Waals surface area contributed by atoms with Crippen molar-refractivity contribution in [2.75, 3.05) is 14.7 Å². The molecule has 0 saturated heterocycles. The number of fused-ring (bicyclic) bond motifs is 2. The van der Waals surface area contributed by atoms with Gasteiger partial charge in [-0.25, -0.2) is 9.97 Å². The summed E-state index contributed by atoms with van der Waals surface area (Å²) in [4.78, 5) is 30.1. The largest absolute Gasteiger partial charge is 0.308 e. The maximum absolute atomic E-state index is 5.03. The van der Waals surface area contributed by atoms with Crippen molar-refractivity contribution in [1.82, 2.24) is 24.9 Å². The van der Waals surface area contributed by atoms with Crippen LogP contribution in [0, 0.1) is 6.92 Å². The zero-order chi connectivity index (χ0) is 37.4. The molecule has 3 aromatic carbocycles.